The van der Waals surface area contributed by atoms with Crippen molar-refractivity contribution in [3.8, 4) is 0 Å². The van der Waals surface area contributed by atoms with Crippen LogP contribution in [-0.4, -0.2) is 51.3 Å². The molecule has 8 nitrogen and oxygen atoms in total. The Morgan fingerprint density at radius 1 is 1.43 bits per heavy atom. The third-order valence-electron chi connectivity index (χ3n) is 2.63. The largest absolute Gasteiger partial charge is 0.383 e. The van der Waals surface area contributed by atoms with Crippen LogP contribution < -0.4 is 16.4 Å². The van der Waals surface area contributed by atoms with Crippen molar-refractivity contribution in [2.45, 2.75) is 18.2 Å². The van der Waals surface area contributed by atoms with Crippen LogP contribution >= 0.6 is 11.5 Å². The van der Waals surface area contributed by atoms with Crippen LogP contribution in [0.5, 0.6) is 0 Å². The fraction of sp³-hybridized carbons (Fsp3) is 0.636. The first-order valence-corrected chi connectivity index (χ1v) is 8.82. The number of nitrogens with zero attached hydrogens (tertiary/aromatic N) is 1. The van der Waals surface area contributed by atoms with Crippen LogP contribution in [0, 0.1) is 0 Å². The topological polar surface area (TPSA) is 123 Å². The van der Waals surface area contributed by atoms with Crippen molar-refractivity contribution in [1.82, 2.24) is 9.69 Å². The molecule has 4 N–H and O–H groups in total. The molecule has 0 aromatic carbocycles. The van der Waals surface area contributed by atoms with Gasteiger partial charge in [-0.05, 0) is 11.5 Å². The van der Waals surface area contributed by atoms with E-state index in [2.05, 4.69) is 15.0 Å². The van der Waals surface area contributed by atoms with Crippen LogP contribution in [0.25, 0.3) is 0 Å². The highest BCUT2D eigenvalue weighted by Crippen LogP contribution is 2.32. The average molecular weight is 336 g/mol. The lowest BCUT2D eigenvalue weighted by Crippen LogP contribution is -2.28. The number of anilines is 2. The number of nitrogens with one attached hydrogen (secondary N) is 2. The fourth-order valence-electron chi connectivity index (χ4n) is 1.52. The van der Waals surface area contributed by atoms with Gasteiger partial charge in [-0.2, -0.15) is 4.37 Å². The second-order valence-electron chi connectivity index (χ2n) is 4.15. The molecule has 1 aromatic rings. The van der Waals surface area contributed by atoms with Gasteiger partial charge in [0.05, 0.1) is 12.4 Å². The van der Waals surface area contributed by atoms with Crippen molar-refractivity contribution in [1.29, 1.82) is 0 Å². The highest BCUT2D eigenvalue weighted by atomic mass is 32.2. The zero-order chi connectivity index (χ0) is 15.9. The summed E-state index contributed by atoms with van der Waals surface area (Å²) in [6, 6.07) is 0. The SMILES string of the molecule is CCS(=O)(=O)c1c(N)nsc1NCCC(=O)NCCOC. The number of rotatable bonds is 9. The zero-order valence-corrected chi connectivity index (χ0v) is 13.6. The van der Waals surface area contributed by atoms with Gasteiger partial charge in [-0.1, -0.05) is 6.92 Å². The lowest BCUT2D eigenvalue weighted by Gasteiger charge is -2.07. The van der Waals surface area contributed by atoms with E-state index in [4.69, 9.17) is 10.5 Å². The van der Waals surface area contributed by atoms with Crippen LogP contribution in [-0.2, 0) is 19.4 Å². The van der Waals surface area contributed by atoms with Crippen molar-refractivity contribution < 1.29 is 17.9 Å². The molecular formula is C11H20N4O4S2. The lowest BCUT2D eigenvalue weighted by molar-refractivity contribution is -0.121. The Labute approximate surface area is 128 Å². The molecule has 21 heavy (non-hydrogen) atoms. The molecule has 0 spiro atoms. The Hall–Kier alpha value is -1.39. The van der Waals surface area contributed by atoms with Gasteiger partial charge in [-0.3, -0.25) is 4.79 Å². The molecule has 0 radical (unpaired) electrons. The van der Waals surface area contributed by atoms with Crippen molar-refractivity contribution in [2.75, 3.05) is 43.6 Å². The number of carbonyl (C=O) groups excluding carboxylic acids is 1. The summed E-state index contributed by atoms with van der Waals surface area (Å²) in [5.74, 6) is -0.201. The smallest absolute Gasteiger partial charge is 0.221 e. The minimum atomic E-state index is -3.44. The lowest BCUT2D eigenvalue weighted by atomic mass is 10.4. The van der Waals surface area contributed by atoms with E-state index in [1.54, 1.807) is 14.0 Å². The minimum absolute atomic E-state index is 0.00565. The van der Waals surface area contributed by atoms with Gasteiger partial charge in [0, 0.05) is 26.6 Å². The second kappa shape index (κ2) is 8.15. The molecule has 1 rings (SSSR count). The van der Waals surface area contributed by atoms with E-state index < -0.39 is 9.84 Å². The van der Waals surface area contributed by atoms with Gasteiger partial charge in [0.1, 0.15) is 9.90 Å². The molecule has 0 fully saturated rings. The first-order chi connectivity index (χ1) is 9.92. The number of amides is 1. The molecule has 0 aliphatic rings. The highest BCUT2D eigenvalue weighted by Gasteiger charge is 2.23. The average Bonchev–Trinajstić information content (AvgIpc) is 2.81. The number of nitrogen functional groups attached to an aromatic ring is 1. The first-order valence-electron chi connectivity index (χ1n) is 6.39. The van der Waals surface area contributed by atoms with Gasteiger partial charge in [-0.15, -0.1) is 0 Å². The third kappa shape index (κ3) is 5.14. The first kappa shape index (κ1) is 17.7. The summed E-state index contributed by atoms with van der Waals surface area (Å²) in [6.07, 6.45) is 0.215. The van der Waals surface area contributed by atoms with Crippen molar-refractivity contribution >= 4 is 38.1 Å². The number of ether oxygens (including phenoxy) is 1. The Bertz CT molecular complexity index is 571. The standard InChI is InChI=1S/C11H20N4O4S2/c1-3-21(17,18)9-10(12)15-20-11(9)14-5-4-8(16)13-6-7-19-2/h14H,3-7H2,1-2H3,(H2,12,15)(H,13,16). The molecule has 0 unspecified atom stereocenters. The molecule has 0 saturated heterocycles. The van der Waals surface area contributed by atoms with E-state index in [1.807, 2.05) is 0 Å². The Morgan fingerprint density at radius 3 is 2.76 bits per heavy atom. The molecule has 0 atom stereocenters. The molecule has 0 aliphatic carbocycles. The fourth-order valence-corrected chi connectivity index (χ4v) is 3.72. The van der Waals surface area contributed by atoms with Crippen LogP contribution in [0.3, 0.4) is 0 Å². The van der Waals surface area contributed by atoms with E-state index in [-0.39, 0.29) is 28.8 Å². The molecule has 10 heteroatoms. The normalized spacial score (nSPS) is 11.3. The van der Waals surface area contributed by atoms with E-state index in [1.165, 1.54) is 0 Å². The monoisotopic (exact) mass is 336 g/mol. The number of hydrogen-bond acceptors (Lipinski definition) is 8. The maximum Gasteiger partial charge on any atom is 0.221 e. The van der Waals surface area contributed by atoms with Gasteiger partial charge >= 0.3 is 0 Å². The number of hydrogen-bond donors (Lipinski definition) is 3. The maximum atomic E-state index is 11.9. The third-order valence-corrected chi connectivity index (χ3v) is 5.37. The van der Waals surface area contributed by atoms with E-state index in [0.29, 0.717) is 24.7 Å². The molecule has 0 saturated carbocycles. The van der Waals surface area contributed by atoms with Gasteiger partial charge in [0.25, 0.3) is 0 Å². The summed E-state index contributed by atoms with van der Waals surface area (Å²) in [5, 5.41) is 5.95. The molecule has 1 heterocycles. The number of carbonyl (C=O) groups is 1. The van der Waals surface area contributed by atoms with E-state index in [0.717, 1.165) is 11.5 Å². The van der Waals surface area contributed by atoms with Crippen molar-refractivity contribution in [2.24, 2.45) is 0 Å². The van der Waals surface area contributed by atoms with Gasteiger partial charge in [0.2, 0.25) is 5.91 Å². The summed E-state index contributed by atoms with van der Waals surface area (Å²) in [6.45, 7) is 2.73. The predicted octanol–water partition coefficient (Wildman–Crippen LogP) is 0.0835. The van der Waals surface area contributed by atoms with Gasteiger partial charge in [-0.25, -0.2) is 8.42 Å². The van der Waals surface area contributed by atoms with Crippen LogP contribution in [0.2, 0.25) is 0 Å². The molecule has 1 aromatic heterocycles. The molecule has 0 bridgehead atoms. The number of aromatic nitrogens is 1. The van der Waals surface area contributed by atoms with Crippen molar-refractivity contribution in [3.63, 3.8) is 0 Å². The van der Waals surface area contributed by atoms with E-state index in [9.17, 15) is 13.2 Å². The van der Waals surface area contributed by atoms with Crippen LogP contribution in [0.15, 0.2) is 4.90 Å². The molecule has 0 aliphatic heterocycles. The Morgan fingerprint density at radius 2 is 2.14 bits per heavy atom. The summed E-state index contributed by atoms with van der Waals surface area (Å²) in [5.41, 5.74) is 5.60. The summed E-state index contributed by atoms with van der Waals surface area (Å²) < 4.78 is 32.5. The quantitative estimate of drug-likeness (QED) is 0.546. The summed E-state index contributed by atoms with van der Waals surface area (Å²) in [7, 11) is -1.89. The van der Waals surface area contributed by atoms with Gasteiger partial charge in [0.15, 0.2) is 15.7 Å². The zero-order valence-electron chi connectivity index (χ0n) is 12.0. The maximum absolute atomic E-state index is 11.9. The summed E-state index contributed by atoms with van der Waals surface area (Å²) in [4.78, 5) is 11.5. The highest BCUT2D eigenvalue weighted by molar-refractivity contribution is 7.91. The number of nitrogens with two attached hydrogens (primary N) is 1. The Balaban J connectivity index is 2.56. The molecule has 1 amide bonds. The second-order valence-corrected chi connectivity index (χ2v) is 7.14. The number of methoxy groups -OCH3 is 1. The molecular weight excluding hydrogens is 316 g/mol. The minimum Gasteiger partial charge on any atom is -0.383 e. The Kier molecular flexibility index (Phi) is 6.85. The summed E-state index contributed by atoms with van der Waals surface area (Å²) >= 11 is 0.975. The molecule has 120 valence electrons. The number of sulfone groups is 1. The van der Waals surface area contributed by atoms with Crippen LogP contribution in [0.4, 0.5) is 10.8 Å². The van der Waals surface area contributed by atoms with Gasteiger partial charge < -0.3 is 21.1 Å². The van der Waals surface area contributed by atoms with Crippen molar-refractivity contribution in [3.05, 3.63) is 0 Å². The van der Waals surface area contributed by atoms with E-state index >= 15 is 0 Å². The van der Waals surface area contributed by atoms with Crippen LogP contribution in [0.1, 0.15) is 13.3 Å². The predicted molar refractivity (Wildman–Crippen MR) is 82.2 cm³/mol.